The first-order valence-electron chi connectivity index (χ1n) is 13.2. The van der Waals surface area contributed by atoms with Gasteiger partial charge in [-0.05, 0) is 12.8 Å². The summed E-state index contributed by atoms with van der Waals surface area (Å²) >= 11 is 0. The van der Waals surface area contributed by atoms with Gasteiger partial charge in [0.1, 0.15) is 0 Å². The molecule has 43 heavy (non-hydrogen) atoms. The Morgan fingerprint density at radius 3 is 1.07 bits per heavy atom. The van der Waals surface area contributed by atoms with Gasteiger partial charge >= 0.3 is 21.7 Å². The van der Waals surface area contributed by atoms with Crippen LogP contribution in [0.2, 0.25) is 0 Å². The van der Waals surface area contributed by atoms with Crippen LogP contribution in [-0.2, 0) is 21.7 Å². The van der Waals surface area contributed by atoms with E-state index in [0.717, 1.165) is 25.7 Å². The molecule has 0 aliphatic heterocycles. The molecule has 0 amide bonds. The first kappa shape index (κ1) is 40.2. The van der Waals surface area contributed by atoms with Gasteiger partial charge in [-0.2, -0.15) is 12.2 Å². The SMILES string of the molecule is CC1=[C-]CC=C1.CC1=[C-]CC=C1.CCCCOc1c(F)c(F)[c-]c(F)c1F.CCCCOc1c(F)c(F)[c-]c(F)c1F.[Ti+4]. The van der Waals surface area contributed by atoms with Crippen LogP contribution in [0.1, 0.15) is 66.2 Å². The Morgan fingerprint density at radius 1 is 0.581 bits per heavy atom. The second kappa shape index (κ2) is 21.8. The predicted octanol–water partition coefficient (Wildman–Crippen LogP) is 9.83. The van der Waals surface area contributed by atoms with Crippen LogP contribution in [0.3, 0.4) is 0 Å². The molecule has 0 bridgehead atoms. The quantitative estimate of drug-likeness (QED) is 0.0933. The molecule has 0 fully saturated rings. The van der Waals surface area contributed by atoms with E-state index in [-0.39, 0.29) is 34.9 Å². The first-order chi connectivity index (χ1) is 19.9. The molecule has 2 aliphatic rings. The monoisotopic (exact) mass is 648 g/mol. The van der Waals surface area contributed by atoms with Gasteiger partial charge in [-0.1, -0.05) is 40.5 Å². The van der Waals surface area contributed by atoms with Crippen molar-refractivity contribution < 1.29 is 66.3 Å². The number of allylic oxidation sites excluding steroid dienone is 8. The minimum Gasteiger partial charge on any atom is -0.513 e. The van der Waals surface area contributed by atoms with Crippen LogP contribution in [0, 0.1) is 70.8 Å². The molecule has 2 aromatic carbocycles. The minimum atomic E-state index is -1.58. The first-order valence-corrected chi connectivity index (χ1v) is 13.2. The van der Waals surface area contributed by atoms with E-state index in [1.54, 1.807) is 0 Å². The van der Waals surface area contributed by atoms with Gasteiger partial charge in [-0.3, -0.25) is 29.7 Å². The molecule has 0 spiro atoms. The van der Waals surface area contributed by atoms with E-state index in [2.05, 4.69) is 59.8 Å². The number of unbranched alkanes of at least 4 members (excludes halogenated alkanes) is 2. The summed E-state index contributed by atoms with van der Waals surface area (Å²) < 4.78 is 111. The normalized spacial score (nSPS) is 12.5. The predicted molar refractivity (Wildman–Crippen MR) is 143 cm³/mol. The molecule has 0 saturated carbocycles. The zero-order valence-corrected chi connectivity index (χ0v) is 25.9. The molecule has 0 aromatic heterocycles. The summed E-state index contributed by atoms with van der Waals surface area (Å²) in [7, 11) is 0. The second-order valence-corrected chi connectivity index (χ2v) is 8.76. The summed E-state index contributed by atoms with van der Waals surface area (Å²) in [5, 5.41) is 0. The Bertz CT molecular complexity index is 1120. The fraction of sp³-hybridized carbons (Fsp3) is 0.375. The maximum absolute atomic E-state index is 12.9. The number of hydrogen-bond acceptors (Lipinski definition) is 2. The molecule has 0 heterocycles. The number of benzene rings is 2. The molecular weight excluding hydrogens is 616 g/mol. The van der Waals surface area contributed by atoms with E-state index in [0.29, 0.717) is 12.8 Å². The third-order valence-corrected chi connectivity index (χ3v) is 5.23. The van der Waals surface area contributed by atoms with Crippen molar-refractivity contribution in [2.75, 3.05) is 13.2 Å². The van der Waals surface area contributed by atoms with Gasteiger partial charge in [0.15, 0.2) is 0 Å². The minimum absolute atomic E-state index is 0. The standard InChI is InChI=1S/2C10H9F4O.2C6H7.Ti/c2*1-2-3-4-15-10-8(13)6(11)5-7(12)9(10)14;2*1-6-4-2-3-5-6;/h2*2-4H2,1H3;2*2,4H,3H2,1H3;/q4*-1;+4. The summed E-state index contributed by atoms with van der Waals surface area (Å²) in [6.45, 7) is 7.82. The van der Waals surface area contributed by atoms with Gasteiger partial charge in [-0.25, -0.2) is 40.9 Å². The summed E-state index contributed by atoms with van der Waals surface area (Å²) in [6.07, 6.45) is 19.2. The Balaban J connectivity index is 0.000000586. The topological polar surface area (TPSA) is 18.5 Å². The Kier molecular flexibility index (Phi) is 20.3. The smallest absolute Gasteiger partial charge is 0.513 e. The molecule has 0 unspecified atom stereocenters. The molecule has 2 aliphatic carbocycles. The van der Waals surface area contributed by atoms with Crippen LogP contribution in [0.15, 0.2) is 35.5 Å². The van der Waals surface area contributed by atoms with Crippen LogP contribution in [-0.4, -0.2) is 13.2 Å². The van der Waals surface area contributed by atoms with E-state index in [1.165, 1.54) is 23.3 Å². The molecule has 0 N–H and O–H groups in total. The Hall–Kier alpha value is -2.85. The molecule has 4 rings (SSSR count). The van der Waals surface area contributed by atoms with E-state index in [1.807, 2.05) is 13.8 Å². The maximum atomic E-state index is 12.9. The van der Waals surface area contributed by atoms with Gasteiger partial charge < -0.3 is 9.47 Å². The molecule has 2 nitrogen and oxygen atoms in total. The zero-order valence-electron chi connectivity index (χ0n) is 24.3. The van der Waals surface area contributed by atoms with Crippen molar-refractivity contribution in [3.63, 3.8) is 0 Å². The summed E-state index contributed by atoms with van der Waals surface area (Å²) in [5.41, 5.74) is 2.55. The van der Waals surface area contributed by atoms with E-state index in [4.69, 9.17) is 0 Å². The van der Waals surface area contributed by atoms with Crippen molar-refractivity contribution in [2.45, 2.75) is 66.2 Å². The molecule has 11 heteroatoms. The van der Waals surface area contributed by atoms with Crippen LogP contribution in [0.25, 0.3) is 0 Å². The van der Waals surface area contributed by atoms with Gasteiger partial charge in [0, 0.05) is 0 Å². The van der Waals surface area contributed by atoms with Crippen molar-refractivity contribution >= 4 is 0 Å². The van der Waals surface area contributed by atoms with E-state index >= 15 is 0 Å². The van der Waals surface area contributed by atoms with Crippen molar-refractivity contribution in [3.05, 3.63) is 106 Å². The van der Waals surface area contributed by atoms with Crippen LogP contribution < -0.4 is 9.47 Å². The van der Waals surface area contributed by atoms with Crippen molar-refractivity contribution in [1.29, 1.82) is 0 Å². The summed E-state index contributed by atoms with van der Waals surface area (Å²) in [5.74, 6) is -14.6. The number of halogens is 8. The largest absolute Gasteiger partial charge is 4.00 e. The van der Waals surface area contributed by atoms with Crippen LogP contribution in [0.5, 0.6) is 11.5 Å². The number of hydrogen-bond donors (Lipinski definition) is 0. The average molecular weight is 648 g/mol. The molecule has 0 saturated heterocycles. The third-order valence-electron chi connectivity index (χ3n) is 5.23. The molecule has 0 radical (unpaired) electrons. The van der Waals surface area contributed by atoms with Gasteiger partial charge in [0.05, 0.1) is 71.3 Å². The third kappa shape index (κ3) is 14.5. The van der Waals surface area contributed by atoms with Crippen LogP contribution >= 0.6 is 0 Å². The Labute approximate surface area is 263 Å². The fourth-order valence-corrected chi connectivity index (χ4v) is 2.92. The molecule has 0 atom stereocenters. The van der Waals surface area contributed by atoms with Gasteiger partial charge in [0.2, 0.25) is 0 Å². The number of rotatable bonds is 8. The van der Waals surface area contributed by atoms with Crippen molar-refractivity contribution in [2.24, 2.45) is 0 Å². The molecular formula is C32H32F8O2Ti. The van der Waals surface area contributed by atoms with Gasteiger partial charge in [0.25, 0.3) is 0 Å². The van der Waals surface area contributed by atoms with Crippen molar-refractivity contribution in [1.82, 2.24) is 0 Å². The van der Waals surface area contributed by atoms with Gasteiger partial charge in [-0.15, -0.1) is 25.0 Å². The maximum Gasteiger partial charge on any atom is 4.00 e. The van der Waals surface area contributed by atoms with E-state index < -0.39 is 58.0 Å². The zero-order chi connectivity index (χ0) is 31.7. The van der Waals surface area contributed by atoms with Crippen molar-refractivity contribution in [3.8, 4) is 11.5 Å². The van der Waals surface area contributed by atoms with Crippen LogP contribution in [0.4, 0.5) is 35.1 Å². The average Bonchev–Trinajstić information content (AvgIpc) is 3.65. The Morgan fingerprint density at radius 2 is 0.884 bits per heavy atom. The summed E-state index contributed by atoms with van der Waals surface area (Å²) in [4.78, 5) is 0. The number of ether oxygens (including phenoxy) is 2. The fourth-order valence-electron chi connectivity index (χ4n) is 2.92. The second-order valence-electron chi connectivity index (χ2n) is 8.76. The summed E-state index contributed by atoms with van der Waals surface area (Å²) in [6, 6.07) is 2.55. The molecule has 2 aromatic rings. The molecule has 232 valence electrons. The van der Waals surface area contributed by atoms with E-state index in [9.17, 15) is 35.1 Å².